The van der Waals surface area contributed by atoms with Crippen molar-refractivity contribution in [1.82, 2.24) is 10.2 Å². The molecule has 106 valence electrons. The van der Waals surface area contributed by atoms with Gasteiger partial charge in [0.25, 0.3) is 0 Å². The average molecular weight is 262 g/mol. The normalized spacial score (nSPS) is 24.7. The van der Waals surface area contributed by atoms with Crippen LogP contribution < -0.4 is 10.1 Å². The van der Waals surface area contributed by atoms with Crippen LogP contribution in [-0.4, -0.2) is 38.7 Å². The molecule has 0 bridgehead atoms. The first-order valence-electron chi connectivity index (χ1n) is 7.08. The van der Waals surface area contributed by atoms with Crippen LogP contribution in [0.3, 0.4) is 0 Å². The van der Waals surface area contributed by atoms with E-state index in [9.17, 15) is 0 Å². The van der Waals surface area contributed by atoms with Gasteiger partial charge in [-0.3, -0.25) is 0 Å². The highest BCUT2D eigenvalue weighted by molar-refractivity contribution is 5.43. The van der Waals surface area contributed by atoms with E-state index in [4.69, 9.17) is 4.74 Å². The second-order valence-corrected chi connectivity index (χ2v) is 6.11. The second-order valence-electron chi connectivity index (χ2n) is 6.11. The van der Waals surface area contributed by atoms with Gasteiger partial charge >= 0.3 is 0 Å². The van der Waals surface area contributed by atoms with Crippen molar-refractivity contribution in [3.63, 3.8) is 0 Å². The maximum absolute atomic E-state index is 5.58. The molecular formula is C16H26N2O. The molecule has 1 fully saturated rings. The molecule has 0 aliphatic carbocycles. The lowest BCUT2D eigenvalue weighted by atomic mass is 9.86. The van der Waals surface area contributed by atoms with Crippen molar-refractivity contribution in [3.8, 4) is 5.75 Å². The maximum Gasteiger partial charge on any atom is 0.123 e. The predicted molar refractivity (Wildman–Crippen MR) is 79.9 cm³/mol. The molecule has 1 saturated heterocycles. The highest BCUT2D eigenvalue weighted by Crippen LogP contribution is 2.34. The zero-order valence-corrected chi connectivity index (χ0v) is 12.8. The van der Waals surface area contributed by atoms with Crippen LogP contribution in [0.25, 0.3) is 0 Å². The van der Waals surface area contributed by atoms with E-state index in [-0.39, 0.29) is 5.54 Å². The molecule has 1 aliphatic heterocycles. The molecular weight excluding hydrogens is 236 g/mol. The highest BCUT2D eigenvalue weighted by Gasteiger charge is 2.33. The van der Waals surface area contributed by atoms with Gasteiger partial charge in [-0.1, -0.05) is 19.9 Å². The Labute approximate surface area is 116 Å². The van der Waals surface area contributed by atoms with Gasteiger partial charge in [0.1, 0.15) is 5.75 Å². The third-order valence-corrected chi connectivity index (χ3v) is 4.08. The molecule has 0 amide bonds. The molecule has 1 aromatic carbocycles. The quantitative estimate of drug-likeness (QED) is 0.906. The number of benzene rings is 1. The minimum absolute atomic E-state index is 0.0384. The van der Waals surface area contributed by atoms with E-state index >= 15 is 0 Å². The molecule has 1 unspecified atom stereocenters. The topological polar surface area (TPSA) is 24.5 Å². The molecule has 0 aromatic heterocycles. The van der Waals surface area contributed by atoms with Gasteiger partial charge in [0, 0.05) is 25.2 Å². The van der Waals surface area contributed by atoms with Crippen LogP contribution in [0.1, 0.15) is 37.8 Å². The summed E-state index contributed by atoms with van der Waals surface area (Å²) in [6.07, 6.45) is 0. The fourth-order valence-corrected chi connectivity index (χ4v) is 2.89. The van der Waals surface area contributed by atoms with Crippen LogP contribution in [0.4, 0.5) is 0 Å². The molecule has 0 saturated carbocycles. The Morgan fingerprint density at radius 1 is 1.37 bits per heavy atom. The number of hydrogen-bond donors (Lipinski definition) is 1. The molecule has 3 nitrogen and oxygen atoms in total. The summed E-state index contributed by atoms with van der Waals surface area (Å²) in [7, 11) is 3.93. The van der Waals surface area contributed by atoms with Crippen LogP contribution in [0.5, 0.6) is 5.75 Å². The molecule has 1 atom stereocenters. The number of methoxy groups -OCH3 is 1. The molecule has 0 radical (unpaired) electrons. The summed E-state index contributed by atoms with van der Waals surface area (Å²) in [4.78, 5) is 2.37. The minimum Gasteiger partial charge on any atom is -0.496 e. The molecule has 1 aliphatic rings. The lowest BCUT2D eigenvalue weighted by Crippen LogP contribution is -2.55. The van der Waals surface area contributed by atoms with Crippen LogP contribution >= 0.6 is 0 Å². The van der Waals surface area contributed by atoms with E-state index in [0.29, 0.717) is 5.92 Å². The summed E-state index contributed by atoms with van der Waals surface area (Å²) in [5, 5.41) is 3.66. The summed E-state index contributed by atoms with van der Waals surface area (Å²) in [5.41, 5.74) is 2.60. The van der Waals surface area contributed by atoms with E-state index < -0.39 is 0 Å². The summed E-state index contributed by atoms with van der Waals surface area (Å²) >= 11 is 0. The largest absolute Gasteiger partial charge is 0.496 e. The number of ether oxygens (including phenoxy) is 1. The van der Waals surface area contributed by atoms with Gasteiger partial charge in [-0.05, 0) is 37.6 Å². The van der Waals surface area contributed by atoms with Gasteiger partial charge in [-0.15, -0.1) is 0 Å². The van der Waals surface area contributed by atoms with Crippen molar-refractivity contribution in [2.45, 2.75) is 32.2 Å². The molecule has 0 spiro atoms. The number of likely N-dealkylation sites (N-methyl/N-ethyl adjacent to an activating group) is 1. The zero-order valence-electron chi connectivity index (χ0n) is 12.8. The van der Waals surface area contributed by atoms with Crippen LogP contribution in [0.2, 0.25) is 0 Å². The fourth-order valence-electron chi connectivity index (χ4n) is 2.89. The number of rotatable bonds is 3. The first-order chi connectivity index (χ1) is 8.96. The van der Waals surface area contributed by atoms with Gasteiger partial charge in [-0.2, -0.15) is 0 Å². The zero-order chi connectivity index (χ0) is 14.0. The average Bonchev–Trinajstić information content (AvgIpc) is 2.37. The van der Waals surface area contributed by atoms with Gasteiger partial charge in [0.05, 0.1) is 12.6 Å². The van der Waals surface area contributed by atoms with Gasteiger partial charge < -0.3 is 15.0 Å². The third-order valence-electron chi connectivity index (χ3n) is 4.08. The molecule has 19 heavy (non-hydrogen) atoms. The highest BCUT2D eigenvalue weighted by atomic mass is 16.5. The maximum atomic E-state index is 5.58. The number of hydrogen-bond acceptors (Lipinski definition) is 3. The van der Waals surface area contributed by atoms with Gasteiger partial charge in [-0.25, -0.2) is 0 Å². The van der Waals surface area contributed by atoms with Crippen LogP contribution in [0, 0.1) is 0 Å². The van der Waals surface area contributed by atoms with Gasteiger partial charge in [0.15, 0.2) is 0 Å². The van der Waals surface area contributed by atoms with E-state index in [0.717, 1.165) is 25.4 Å². The van der Waals surface area contributed by atoms with Crippen molar-refractivity contribution >= 4 is 0 Å². The standard InChI is InChI=1S/C16H26N2O/c1-12(2)13-6-7-15(19-5)14(10-13)16(3)11-18(4)9-8-17-16/h6-7,10,12,17H,8-9,11H2,1-5H3. The smallest absolute Gasteiger partial charge is 0.123 e. The first kappa shape index (κ1) is 14.4. The summed E-state index contributed by atoms with van der Waals surface area (Å²) in [6, 6.07) is 6.57. The lowest BCUT2D eigenvalue weighted by Gasteiger charge is -2.41. The number of piperazine rings is 1. The van der Waals surface area contributed by atoms with Crippen molar-refractivity contribution in [2.75, 3.05) is 33.8 Å². The van der Waals surface area contributed by atoms with Gasteiger partial charge in [0.2, 0.25) is 0 Å². The summed E-state index contributed by atoms with van der Waals surface area (Å²) in [5.74, 6) is 1.52. The Bertz CT molecular complexity index is 444. The lowest BCUT2D eigenvalue weighted by molar-refractivity contribution is 0.168. The SMILES string of the molecule is COc1ccc(C(C)C)cc1C1(C)CN(C)CCN1. The summed E-state index contributed by atoms with van der Waals surface area (Å²) < 4.78 is 5.58. The molecule has 2 rings (SSSR count). The van der Waals surface area contributed by atoms with Crippen molar-refractivity contribution < 1.29 is 4.74 Å². The van der Waals surface area contributed by atoms with Crippen molar-refractivity contribution in [1.29, 1.82) is 0 Å². The molecule has 3 heteroatoms. The van der Waals surface area contributed by atoms with E-state index in [1.165, 1.54) is 11.1 Å². The second kappa shape index (κ2) is 5.51. The Morgan fingerprint density at radius 2 is 2.11 bits per heavy atom. The molecule has 1 heterocycles. The molecule has 1 aromatic rings. The van der Waals surface area contributed by atoms with Crippen molar-refractivity contribution in [2.24, 2.45) is 0 Å². The Kier molecular flexibility index (Phi) is 4.16. The Morgan fingerprint density at radius 3 is 2.68 bits per heavy atom. The van der Waals surface area contributed by atoms with E-state index in [2.05, 4.69) is 56.2 Å². The monoisotopic (exact) mass is 262 g/mol. The third kappa shape index (κ3) is 2.93. The fraction of sp³-hybridized carbons (Fsp3) is 0.625. The predicted octanol–water partition coefficient (Wildman–Crippen LogP) is 2.57. The van der Waals surface area contributed by atoms with Crippen molar-refractivity contribution in [3.05, 3.63) is 29.3 Å². The number of nitrogens with one attached hydrogen (secondary N) is 1. The van der Waals surface area contributed by atoms with E-state index in [1.54, 1.807) is 7.11 Å². The van der Waals surface area contributed by atoms with Crippen LogP contribution in [0.15, 0.2) is 18.2 Å². The Hall–Kier alpha value is -1.06. The molecule has 1 N–H and O–H groups in total. The Balaban J connectivity index is 2.43. The minimum atomic E-state index is -0.0384. The van der Waals surface area contributed by atoms with Crippen LogP contribution in [-0.2, 0) is 5.54 Å². The summed E-state index contributed by atoms with van der Waals surface area (Å²) in [6.45, 7) is 9.85. The first-order valence-corrected chi connectivity index (χ1v) is 7.08. The van der Waals surface area contributed by atoms with E-state index in [1.807, 2.05) is 0 Å². The number of nitrogens with zero attached hydrogens (tertiary/aromatic N) is 1.